The zero-order valence-corrected chi connectivity index (χ0v) is 9.48. The SMILES string of the molecule is NC1CC(C(=O)O)(c2ccc3c(c2)CCO3)C1. The van der Waals surface area contributed by atoms with Gasteiger partial charge in [-0.3, -0.25) is 4.79 Å². The van der Waals surface area contributed by atoms with Crippen LogP contribution in [0.5, 0.6) is 5.75 Å². The number of hydrogen-bond acceptors (Lipinski definition) is 3. The molecular formula is C13H15NO3. The highest BCUT2D eigenvalue weighted by Gasteiger charge is 2.50. The Morgan fingerprint density at radius 1 is 1.47 bits per heavy atom. The van der Waals surface area contributed by atoms with Gasteiger partial charge in [0, 0.05) is 12.5 Å². The van der Waals surface area contributed by atoms with E-state index >= 15 is 0 Å². The molecule has 90 valence electrons. The largest absolute Gasteiger partial charge is 0.493 e. The summed E-state index contributed by atoms with van der Waals surface area (Å²) in [7, 11) is 0. The first kappa shape index (κ1) is 10.6. The summed E-state index contributed by atoms with van der Waals surface area (Å²) >= 11 is 0. The Hall–Kier alpha value is -1.55. The van der Waals surface area contributed by atoms with Gasteiger partial charge in [-0.05, 0) is 30.0 Å². The molecule has 0 saturated heterocycles. The van der Waals surface area contributed by atoms with Crippen LogP contribution in [-0.4, -0.2) is 23.7 Å². The molecule has 1 aliphatic heterocycles. The second-order valence-electron chi connectivity index (χ2n) is 4.98. The fraction of sp³-hybridized carbons (Fsp3) is 0.462. The van der Waals surface area contributed by atoms with Crippen LogP contribution in [0.15, 0.2) is 18.2 Å². The lowest BCUT2D eigenvalue weighted by Crippen LogP contribution is -2.54. The highest BCUT2D eigenvalue weighted by Crippen LogP contribution is 2.44. The maximum Gasteiger partial charge on any atom is 0.314 e. The number of fused-ring (bicyclic) bond motifs is 1. The molecule has 1 aromatic carbocycles. The molecule has 0 amide bonds. The van der Waals surface area contributed by atoms with E-state index in [4.69, 9.17) is 10.5 Å². The van der Waals surface area contributed by atoms with Crippen molar-refractivity contribution in [1.82, 2.24) is 0 Å². The predicted molar refractivity (Wildman–Crippen MR) is 62.2 cm³/mol. The van der Waals surface area contributed by atoms with Crippen molar-refractivity contribution in [3.05, 3.63) is 29.3 Å². The lowest BCUT2D eigenvalue weighted by atomic mass is 9.61. The van der Waals surface area contributed by atoms with Crippen molar-refractivity contribution in [3.63, 3.8) is 0 Å². The number of aliphatic carboxylic acids is 1. The number of nitrogens with two attached hydrogens (primary N) is 1. The molecule has 3 rings (SSSR count). The Kier molecular flexibility index (Phi) is 2.16. The van der Waals surface area contributed by atoms with Gasteiger partial charge in [-0.15, -0.1) is 0 Å². The van der Waals surface area contributed by atoms with Gasteiger partial charge in [-0.1, -0.05) is 12.1 Å². The van der Waals surface area contributed by atoms with E-state index in [9.17, 15) is 9.90 Å². The molecule has 3 N–H and O–H groups in total. The molecule has 0 aromatic heterocycles. The molecule has 17 heavy (non-hydrogen) atoms. The van der Waals surface area contributed by atoms with Gasteiger partial charge in [0.2, 0.25) is 0 Å². The molecule has 0 unspecified atom stereocenters. The van der Waals surface area contributed by atoms with E-state index in [2.05, 4.69) is 0 Å². The van der Waals surface area contributed by atoms with Crippen LogP contribution < -0.4 is 10.5 Å². The Bertz CT molecular complexity index is 478. The fourth-order valence-corrected chi connectivity index (χ4v) is 2.85. The van der Waals surface area contributed by atoms with Crippen molar-refractivity contribution in [2.45, 2.75) is 30.7 Å². The maximum absolute atomic E-state index is 11.5. The van der Waals surface area contributed by atoms with Crippen LogP contribution in [0.1, 0.15) is 24.0 Å². The van der Waals surface area contributed by atoms with E-state index in [-0.39, 0.29) is 6.04 Å². The predicted octanol–water partition coefficient (Wildman–Crippen LogP) is 1.06. The molecule has 1 fully saturated rings. The Balaban J connectivity index is 2.00. The highest BCUT2D eigenvalue weighted by molar-refractivity contribution is 5.83. The molecule has 1 saturated carbocycles. The van der Waals surface area contributed by atoms with Gasteiger partial charge in [0.15, 0.2) is 0 Å². The molecule has 1 aliphatic carbocycles. The van der Waals surface area contributed by atoms with Crippen molar-refractivity contribution in [2.24, 2.45) is 5.73 Å². The van der Waals surface area contributed by atoms with Crippen LogP contribution in [0, 0.1) is 0 Å². The quantitative estimate of drug-likeness (QED) is 0.801. The number of ether oxygens (including phenoxy) is 1. The molecular weight excluding hydrogens is 218 g/mol. The van der Waals surface area contributed by atoms with Crippen molar-refractivity contribution >= 4 is 5.97 Å². The minimum atomic E-state index is -0.767. The van der Waals surface area contributed by atoms with Gasteiger partial charge in [-0.25, -0.2) is 0 Å². The minimum absolute atomic E-state index is 0.00982. The summed E-state index contributed by atoms with van der Waals surface area (Å²) in [6.07, 6.45) is 1.93. The Morgan fingerprint density at radius 3 is 2.88 bits per heavy atom. The van der Waals surface area contributed by atoms with Gasteiger partial charge in [0.1, 0.15) is 5.75 Å². The van der Waals surface area contributed by atoms with Crippen LogP contribution in [0.4, 0.5) is 0 Å². The van der Waals surface area contributed by atoms with Gasteiger partial charge < -0.3 is 15.6 Å². The van der Waals surface area contributed by atoms with Crippen LogP contribution in [0.2, 0.25) is 0 Å². The normalized spacial score (nSPS) is 30.3. The van der Waals surface area contributed by atoms with Crippen LogP contribution >= 0.6 is 0 Å². The zero-order chi connectivity index (χ0) is 12.0. The van der Waals surface area contributed by atoms with Gasteiger partial charge in [0.25, 0.3) is 0 Å². The Labute approximate surface area is 99.4 Å². The smallest absolute Gasteiger partial charge is 0.314 e. The number of hydrogen-bond donors (Lipinski definition) is 2. The number of benzene rings is 1. The molecule has 1 aromatic rings. The monoisotopic (exact) mass is 233 g/mol. The molecule has 0 radical (unpaired) electrons. The number of carboxylic acid groups (broad SMARTS) is 1. The van der Waals surface area contributed by atoms with Crippen molar-refractivity contribution < 1.29 is 14.6 Å². The van der Waals surface area contributed by atoms with Crippen molar-refractivity contribution in [1.29, 1.82) is 0 Å². The van der Waals surface area contributed by atoms with E-state index in [1.807, 2.05) is 18.2 Å². The van der Waals surface area contributed by atoms with E-state index in [0.717, 1.165) is 23.3 Å². The zero-order valence-electron chi connectivity index (χ0n) is 9.48. The molecule has 0 bridgehead atoms. The first-order valence-corrected chi connectivity index (χ1v) is 5.87. The summed E-state index contributed by atoms with van der Waals surface area (Å²) in [5.41, 5.74) is 6.97. The summed E-state index contributed by atoms with van der Waals surface area (Å²) < 4.78 is 5.43. The molecule has 2 aliphatic rings. The summed E-state index contributed by atoms with van der Waals surface area (Å²) in [5, 5.41) is 9.42. The summed E-state index contributed by atoms with van der Waals surface area (Å²) in [6.45, 7) is 0.693. The van der Waals surface area contributed by atoms with Crippen LogP contribution in [0.3, 0.4) is 0 Å². The van der Waals surface area contributed by atoms with Gasteiger partial charge in [0.05, 0.1) is 12.0 Å². The standard InChI is InChI=1S/C13H15NO3/c14-10-6-13(7-10,12(15)16)9-1-2-11-8(5-9)3-4-17-11/h1-2,5,10H,3-4,6-7,14H2,(H,15,16). The summed E-state index contributed by atoms with van der Waals surface area (Å²) in [6, 6.07) is 5.73. The van der Waals surface area contributed by atoms with Crippen molar-refractivity contribution in [2.75, 3.05) is 6.61 Å². The lowest BCUT2D eigenvalue weighted by Gasteiger charge is -2.43. The molecule has 4 heteroatoms. The number of carboxylic acids is 1. The maximum atomic E-state index is 11.5. The van der Waals surface area contributed by atoms with E-state index in [1.165, 1.54) is 0 Å². The van der Waals surface area contributed by atoms with E-state index in [1.54, 1.807) is 0 Å². The lowest BCUT2D eigenvalue weighted by molar-refractivity contribution is -0.148. The molecule has 0 spiro atoms. The van der Waals surface area contributed by atoms with Crippen LogP contribution in [-0.2, 0) is 16.6 Å². The fourth-order valence-electron chi connectivity index (χ4n) is 2.85. The first-order chi connectivity index (χ1) is 8.12. The average Bonchev–Trinajstić information content (AvgIpc) is 2.70. The topological polar surface area (TPSA) is 72.6 Å². The summed E-state index contributed by atoms with van der Waals surface area (Å²) in [4.78, 5) is 11.5. The first-order valence-electron chi connectivity index (χ1n) is 5.87. The number of rotatable bonds is 2. The average molecular weight is 233 g/mol. The third kappa shape index (κ3) is 1.44. The van der Waals surface area contributed by atoms with Crippen molar-refractivity contribution in [3.8, 4) is 5.75 Å². The second kappa shape index (κ2) is 3.47. The third-order valence-corrected chi connectivity index (χ3v) is 3.87. The second-order valence-corrected chi connectivity index (χ2v) is 4.98. The summed E-state index contributed by atoms with van der Waals surface area (Å²) in [5.74, 6) is 0.121. The minimum Gasteiger partial charge on any atom is -0.493 e. The highest BCUT2D eigenvalue weighted by atomic mass is 16.5. The molecule has 0 atom stereocenters. The van der Waals surface area contributed by atoms with E-state index in [0.29, 0.717) is 19.4 Å². The van der Waals surface area contributed by atoms with E-state index < -0.39 is 11.4 Å². The molecule has 4 nitrogen and oxygen atoms in total. The number of carbonyl (C=O) groups is 1. The van der Waals surface area contributed by atoms with Crippen LogP contribution in [0.25, 0.3) is 0 Å². The van der Waals surface area contributed by atoms with Gasteiger partial charge in [-0.2, -0.15) is 0 Å². The Morgan fingerprint density at radius 2 is 2.24 bits per heavy atom. The molecule has 1 heterocycles. The van der Waals surface area contributed by atoms with Gasteiger partial charge >= 0.3 is 5.97 Å². The third-order valence-electron chi connectivity index (χ3n) is 3.87.